The lowest BCUT2D eigenvalue weighted by atomic mass is 10.2. The fourth-order valence-electron chi connectivity index (χ4n) is 2.24. The third kappa shape index (κ3) is 9.79. The van der Waals surface area contributed by atoms with Crippen molar-refractivity contribution >= 4 is 12.2 Å². The van der Waals surface area contributed by atoms with Crippen LogP contribution in [0.1, 0.15) is 45.4 Å². The van der Waals surface area contributed by atoms with Gasteiger partial charge in [0.15, 0.2) is 0 Å². The maximum Gasteiger partial charge on any atom is 0.407 e. The first-order valence-corrected chi connectivity index (χ1v) is 8.75. The molecule has 0 aliphatic carbocycles. The number of amides is 1. The second-order valence-electron chi connectivity index (χ2n) is 5.69. The van der Waals surface area contributed by atoms with E-state index in [1.165, 1.54) is 12.5 Å². The molecule has 0 aliphatic rings. The van der Waals surface area contributed by atoms with Crippen LogP contribution in [-0.4, -0.2) is 36.4 Å². The number of isocyanates is 1. The van der Waals surface area contributed by atoms with E-state index in [-0.39, 0.29) is 6.09 Å². The highest BCUT2D eigenvalue weighted by Crippen LogP contribution is 1.99. The molecule has 0 atom stereocenters. The van der Waals surface area contributed by atoms with Crippen LogP contribution in [0.4, 0.5) is 4.79 Å². The molecule has 0 unspecified atom stereocenters. The van der Waals surface area contributed by atoms with E-state index in [0.29, 0.717) is 26.2 Å². The predicted molar refractivity (Wildman–Crippen MR) is 90.3 cm³/mol. The standard InChI is InChI=1S/C17H28N4O3/c1-2-3-10-20-11-12-21(16-20)13-14-24-17(23)19-9-7-5-4-6-8-18-15-22/h11-12,16H,2-10,13-14H2,1H3/p+1. The number of ether oxygens (including phenoxy) is 1. The fourth-order valence-corrected chi connectivity index (χ4v) is 2.24. The summed E-state index contributed by atoms with van der Waals surface area (Å²) in [5, 5.41) is 2.74. The molecule has 1 rings (SSSR count). The molecule has 24 heavy (non-hydrogen) atoms. The first-order valence-electron chi connectivity index (χ1n) is 8.75. The number of nitrogens with one attached hydrogen (secondary N) is 1. The molecule has 0 saturated heterocycles. The van der Waals surface area contributed by atoms with Crippen LogP contribution < -0.4 is 9.88 Å². The zero-order valence-corrected chi connectivity index (χ0v) is 14.6. The van der Waals surface area contributed by atoms with Crippen LogP contribution in [-0.2, 0) is 22.6 Å². The zero-order chi connectivity index (χ0) is 17.5. The Kier molecular flexibility index (Phi) is 11.0. The van der Waals surface area contributed by atoms with Crippen LogP contribution in [0.2, 0.25) is 0 Å². The average Bonchev–Trinajstić information content (AvgIpc) is 3.03. The van der Waals surface area contributed by atoms with Crippen molar-refractivity contribution in [2.24, 2.45) is 4.99 Å². The smallest absolute Gasteiger partial charge is 0.407 e. The van der Waals surface area contributed by atoms with Gasteiger partial charge in [0.05, 0.1) is 13.1 Å². The molecule has 134 valence electrons. The van der Waals surface area contributed by atoms with Crippen molar-refractivity contribution in [2.45, 2.75) is 58.5 Å². The van der Waals surface area contributed by atoms with E-state index in [9.17, 15) is 9.59 Å². The topological polar surface area (TPSA) is 76.6 Å². The Balaban J connectivity index is 1.99. The molecular formula is C17H29N4O3+. The van der Waals surface area contributed by atoms with E-state index in [1.54, 1.807) is 0 Å². The maximum absolute atomic E-state index is 11.5. The molecule has 1 N–H and O–H groups in total. The minimum atomic E-state index is -0.369. The molecule has 7 heteroatoms. The molecule has 0 fully saturated rings. The van der Waals surface area contributed by atoms with Crippen LogP contribution >= 0.6 is 0 Å². The highest BCUT2D eigenvalue weighted by Gasteiger charge is 2.05. The van der Waals surface area contributed by atoms with Gasteiger partial charge in [-0.15, -0.1) is 0 Å². The lowest BCUT2D eigenvalue weighted by Gasteiger charge is -2.05. The normalized spacial score (nSPS) is 10.2. The average molecular weight is 337 g/mol. The molecule has 0 saturated carbocycles. The van der Waals surface area contributed by atoms with E-state index in [2.05, 4.69) is 21.8 Å². The van der Waals surface area contributed by atoms with E-state index >= 15 is 0 Å². The first-order chi connectivity index (χ1) is 11.8. The van der Waals surface area contributed by atoms with Crippen LogP contribution in [0.15, 0.2) is 23.7 Å². The summed E-state index contributed by atoms with van der Waals surface area (Å²) in [5.74, 6) is 0. The number of hydrogen-bond donors (Lipinski definition) is 1. The number of rotatable bonds is 13. The van der Waals surface area contributed by atoms with Crippen molar-refractivity contribution in [3.05, 3.63) is 18.7 Å². The van der Waals surface area contributed by atoms with Gasteiger partial charge in [0.1, 0.15) is 25.5 Å². The van der Waals surface area contributed by atoms with Gasteiger partial charge in [-0.1, -0.05) is 26.2 Å². The molecule has 1 aromatic heterocycles. The summed E-state index contributed by atoms with van der Waals surface area (Å²) >= 11 is 0. The van der Waals surface area contributed by atoms with E-state index in [0.717, 1.165) is 38.6 Å². The van der Waals surface area contributed by atoms with Gasteiger partial charge in [-0.2, -0.15) is 0 Å². The summed E-state index contributed by atoms with van der Waals surface area (Å²) in [6, 6.07) is 0. The lowest BCUT2D eigenvalue weighted by molar-refractivity contribution is -0.696. The Bertz CT molecular complexity index is 510. The van der Waals surface area contributed by atoms with Crippen molar-refractivity contribution in [3.8, 4) is 0 Å². The first kappa shape index (κ1) is 19.9. The Morgan fingerprint density at radius 3 is 2.92 bits per heavy atom. The van der Waals surface area contributed by atoms with Gasteiger partial charge in [0.25, 0.3) is 0 Å². The van der Waals surface area contributed by atoms with Crippen LogP contribution in [0, 0.1) is 0 Å². The lowest BCUT2D eigenvalue weighted by Crippen LogP contribution is -2.31. The third-order valence-corrected chi connectivity index (χ3v) is 3.63. The summed E-state index contributed by atoms with van der Waals surface area (Å²) in [4.78, 5) is 24.9. The van der Waals surface area contributed by atoms with Crippen molar-refractivity contribution < 1.29 is 18.9 Å². The van der Waals surface area contributed by atoms with Crippen LogP contribution in [0.25, 0.3) is 0 Å². The molecular weight excluding hydrogens is 308 g/mol. The Hall–Kier alpha value is -2.14. The number of nitrogens with zero attached hydrogens (tertiary/aromatic N) is 3. The van der Waals surface area contributed by atoms with E-state index in [4.69, 9.17) is 4.74 Å². The maximum atomic E-state index is 11.5. The number of imidazole rings is 1. The molecule has 0 spiro atoms. The highest BCUT2D eigenvalue weighted by molar-refractivity contribution is 5.66. The molecule has 0 radical (unpaired) electrons. The molecule has 1 aromatic rings. The quantitative estimate of drug-likeness (QED) is 0.259. The van der Waals surface area contributed by atoms with Gasteiger partial charge in [0, 0.05) is 6.54 Å². The summed E-state index contributed by atoms with van der Waals surface area (Å²) < 4.78 is 9.32. The number of aliphatic imine (C=N–C) groups is 1. The molecule has 1 amide bonds. The molecule has 0 aromatic carbocycles. The third-order valence-electron chi connectivity index (χ3n) is 3.63. The number of hydrogen-bond acceptors (Lipinski definition) is 4. The van der Waals surface area contributed by atoms with Crippen molar-refractivity contribution in [1.82, 2.24) is 9.88 Å². The summed E-state index contributed by atoms with van der Waals surface area (Å²) in [6.07, 6.45) is 13.3. The number of carbonyl (C=O) groups is 1. The number of unbranched alkanes of at least 4 members (excludes halogenated alkanes) is 4. The van der Waals surface area contributed by atoms with E-state index in [1.807, 2.05) is 23.3 Å². The van der Waals surface area contributed by atoms with Crippen molar-refractivity contribution in [3.63, 3.8) is 0 Å². The van der Waals surface area contributed by atoms with Gasteiger partial charge >= 0.3 is 6.09 Å². The highest BCUT2D eigenvalue weighted by atomic mass is 16.5. The number of carbonyl (C=O) groups excluding carboxylic acids is 2. The van der Waals surface area contributed by atoms with Crippen molar-refractivity contribution in [1.29, 1.82) is 0 Å². The van der Waals surface area contributed by atoms with Gasteiger partial charge in [-0.3, -0.25) is 0 Å². The minimum Gasteiger partial charge on any atom is -0.445 e. The second kappa shape index (κ2) is 13.3. The number of aryl methyl sites for hydroxylation is 1. The Morgan fingerprint density at radius 1 is 1.29 bits per heavy atom. The fraction of sp³-hybridized carbons (Fsp3) is 0.706. The molecule has 0 bridgehead atoms. The number of alkyl carbamates (subject to hydrolysis) is 1. The molecule has 0 aliphatic heterocycles. The summed E-state index contributed by atoms with van der Waals surface area (Å²) in [6.45, 7) is 5.35. The number of aromatic nitrogens is 2. The SMILES string of the molecule is CCCC[n+]1ccn(CCOC(=O)NCCCCCCN=C=O)c1. The Labute approximate surface area is 143 Å². The second-order valence-corrected chi connectivity index (χ2v) is 5.69. The van der Waals surface area contributed by atoms with Gasteiger partial charge < -0.3 is 10.1 Å². The van der Waals surface area contributed by atoms with E-state index < -0.39 is 0 Å². The minimum absolute atomic E-state index is 0.359. The zero-order valence-electron chi connectivity index (χ0n) is 14.6. The van der Waals surface area contributed by atoms with Crippen LogP contribution in [0.5, 0.6) is 0 Å². The molecule has 1 heterocycles. The largest absolute Gasteiger partial charge is 0.445 e. The van der Waals surface area contributed by atoms with Gasteiger partial charge in [0.2, 0.25) is 12.4 Å². The van der Waals surface area contributed by atoms with Crippen molar-refractivity contribution in [2.75, 3.05) is 19.7 Å². The summed E-state index contributed by atoms with van der Waals surface area (Å²) in [7, 11) is 0. The van der Waals surface area contributed by atoms with Crippen LogP contribution in [0.3, 0.4) is 0 Å². The predicted octanol–water partition coefficient (Wildman–Crippen LogP) is 2.20. The summed E-state index contributed by atoms with van der Waals surface area (Å²) in [5.41, 5.74) is 0. The van der Waals surface area contributed by atoms with Gasteiger partial charge in [-0.25, -0.2) is 23.7 Å². The Morgan fingerprint density at radius 2 is 2.12 bits per heavy atom. The molecule has 7 nitrogen and oxygen atoms in total. The van der Waals surface area contributed by atoms with Gasteiger partial charge in [-0.05, 0) is 19.3 Å². The monoisotopic (exact) mass is 337 g/mol.